The zero-order valence-corrected chi connectivity index (χ0v) is 49.7. The second kappa shape index (κ2) is 53.8. The number of allylic oxidation sites excluding steroid dienone is 4. The number of esters is 3. The maximum absolute atomic E-state index is 13.1. The molecule has 1 aliphatic rings. The van der Waals surface area contributed by atoms with Crippen LogP contribution in [0.1, 0.15) is 316 Å². The molecule has 6 unspecified atom stereocenters. The molecule has 0 amide bonds. The molecule has 450 valence electrons. The Hall–Kier alpha value is -2.80. The molecule has 0 aromatic carbocycles. The summed E-state index contributed by atoms with van der Waals surface area (Å²) in [6.45, 7) is 5.99. The lowest BCUT2D eigenvalue weighted by atomic mass is 9.98. The summed E-state index contributed by atoms with van der Waals surface area (Å²) in [7, 11) is 0. The molecule has 1 aliphatic heterocycles. The highest BCUT2D eigenvalue weighted by atomic mass is 16.7. The highest BCUT2D eigenvalue weighted by Crippen LogP contribution is 2.27. The third-order valence-electron chi connectivity index (χ3n) is 15.0. The van der Waals surface area contributed by atoms with Gasteiger partial charge in [0.2, 0.25) is 0 Å². The number of rotatable bonds is 56. The average Bonchev–Trinajstić information content (AvgIpc) is 3.42. The zero-order chi connectivity index (χ0) is 56.1. The van der Waals surface area contributed by atoms with Gasteiger partial charge in [0.15, 0.2) is 24.6 Å². The fraction of sp³-hybridized carbons (Fsp3) is 0.877. The van der Waals surface area contributed by atoms with Gasteiger partial charge in [-0.05, 0) is 64.2 Å². The molecular formula is C65H118O12. The number of carboxylic acids is 1. The highest BCUT2D eigenvalue weighted by Gasteiger charge is 2.50. The molecule has 1 heterocycles. The Morgan fingerprint density at radius 3 is 1.14 bits per heavy atom. The van der Waals surface area contributed by atoms with Gasteiger partial charge in [-0.25, -0.2) is 4.79 Å². The number of carbonyl (C=O) groups is 4. The number of aliphatic hydroxyl groups excluding tert-OH is 2. The molecule has 6 atom stereocenters. The maximum Gasteiger partial charge on any atom is 0.335 e. The summed E-state index contributed by atoms with van der Waals surface area (Å²) in [5.41, 5.74) is 0. The van der Waals surface area contributed by atoms with Crippen LogP contribution in [-0.2, 0) is 42.9 Å². The van der Waals surface area contributed by atoms with Crippen LogP contribution in [0.25, 0.3) is 0 Å². The molecule has 3 N–H and O–H groups in total. The minimum absolute atomic E-state index is 0.0591. The normalized spacial score (nSPS) is 18.1. The van der Waals surface area contributed by atoms with Gasteiger partial charge in [-0.15, -0.1) is 0 Å². The maximum atomic E-state index is 13.1. The number of hydrogen-bond donors (Lipinski definition) is 3. The van der Waals surface area contributed by atoms with Crippen LogP contribution >= 0.6 is 0 Å². The summed E-state index contributed by atoms with van der Waals surface area (Å²) in [6, 6.07) is 0. The minimum Gasteiger partial charge on any atom is -0.479 e. The van der Waals surface area contributed by atoms with Crippen molar-refractivity contribution in [2.45, 2.75) is 353 Å². The first kappa shape index (κ1) is 72.2. The van der Waals surface area contributed by atoms with E-state index in [4.69, 9.17) is 23.7 Å². The highest BCUT2D eigenvalue weighted by molar-refractivity contribution is 5.74. The van der Waals surface area contributed by atoms with E-state index in [9.17, 15) is 34.5 Å². The van der Waals surface area contributed by atoms with Gasteiger partial charge in [-0.1, -0.05) is 257 Å². The van der Waals surface area contributed by atoms with E-state index in [0.29, 0.717) is 19.3 Å². The van der Waals surface area contributed by atoms with E-state index in [1.54, 1.807) is 0 Å². The molecule has 12 heteroatoms. The van der Waals surface area contributed by atoms with Crippen LogP contribution in [0.3, 0.4) is 0 Å². The summed E-state index contributed by atoms with van der Waals surface area (Å²) >= 11 is 0. The minimum atomic E-state index is -1.90. The second-order valence-electron chi connectivity index (χ2n) is 22.4. The smallest absolute Gasteiger partial charge is 0.335 e. The molecule has 1 rings (SSSR count). The van der Waals surface area contributed by atoms with Crippen molar-refractivity contribution >= 4 is 23.9 Å². The largest absolute Gasteiger partial charge is 0.479 e. The van der Waals surface area contributed by atoms with Crippen molar-refractivity contribution in [3.63, 3.8) is 0 Å². The van der Waals surface area contributed by atoms with E-state index in [1.165, 1.54) is 167 Å². The topological polar surface area (TPSA) is 175 Å². The summed E-state index contributed by atoms with van der Waals surface area (Å²) in [5, 5.41) is 31.5. The van der Waals surface area contributed by atoms with Gasteiger partial charge >= 0.3 is 23.9 Å². The molecular weight excluding hydrogens is 973 g/mol. The number of ether oxygens (including phenoxy) is 5. The Kier molecular flexibility index (Phi) is 50.5. The van der Waals surface area contributed by atoms with Crippen LogP contribution in [0.15, 0.2) is 24.3 Å². The first-order chi connectivity index (χ1) is 37.6. The molecule has 1 fully saturated rings. The van der Waals surface area contributed by atoms with Gasteiger partial charge in [-0.2, -0.15) is 0 Å². The number of unbranched alkanes of at least 4 members (excludes halogenated alkanes) is 38. The molecule has 0 spiro atoms. The van der Waals surface area contributed by atoms with Crippen LogP contribution in [0, 0.1) is 0 Å². The Morgan fingerprint density at radius 2 is 0.753 bits per heavy atom. The van der Waals surface area contributed by atoms with E-state index in [2.05, 4.69) is 45.1 Å². The van der Waals surface area contributed by atoms with Crippen LogP contribution in [-0.4, -0.2) is 89.2 Å². The van der Waals surface area contributed by atoms with Gasteiger partial charge in [-0.3, -0.25) is 14.4 Å². The predicted molar refractivity (Wildman–Crippen MR) is 313 cm³/mol. The number of carboxylic acid groups (broad SMARTS) is 1. The van der Waals surface area contributed by atoms with Crippen LogP contribution < -0.4 is 0 Å². The van der Waals surface area contributed by atoms with E-state index < -0.39 is 67.3 Å². The van der Waals surface area contributed by atoms with Crippen molar-refractivity contribution in [2.75, 3.05) is 13.2 Å². The molecule has 0 bridgehead atoms. The lowest BCUT2D eigenvalue weighted by Gasteiger charge is -2.40. The molecule has 12 nitrogen and oxygen atoms in total. The molecule has 0 radical (unpaired) electrons. The summed E-state index contributed by atoms with van der Waals surface area (Å²) in [4.78, 5) is 51.2. The molecule has 77 heavy (non-hydrogen) atoms. The van der Waals surface area contributed by atoms with Crippen molar-refractivity contribution in [1.82, 2.24) is 0 Å². The number of aliphatic carboxylic acids is 1. The van der Waals surface area contributed by atoms with E-state index in [-0.39, 0.29) is 25.9 Å². The predicted octanol–water partition coefficient (Wildman–Crippen LogP) is 17.0. The Morgan fingerprint density at radius 1 is 0.416 bits per heavy atom. The molecule has 0 aliphatic carbocycles. The number of carbonyl (C=O) groups excluding carboxylic acids is 3. The molecule has 0 aromatic rings. The van der Waals surface area contributed by atoms with Gasteiger partial charge in [0.05, 0.1) is 6.61 Å². The van der Waals surface area contributed by atoms with E-state index in [1.807, 2.05) is 0 Å². The fourth-order valence-corrected chi connectivity index (χ4v) is 9.99. The van der Waals surface area contributed by atoms with Crippen molar-refractivity contribution in [2.24, 2.45) is 0 Å². The van der Waals surface area contributed by atoms with E-state index >= 15 is 0 Å². The van der Waals surface area contributed by atoms with Crippen molar-refractivity contribution in [3.8, 4) is 0 Å². The summed E-state index contributed by atoms with van der Waals surface area (Å²) < 4.78 is 28.5. The van der Waals surface area contributed by atoms with Crippen molar-refractivity contribution in [1.29, 1.82) is 0 Å². The quantitative estimate of drug-likeness (QED) is 0.0228. The first-order valence-electron chi connectivity index (χ1n) is 32.3. The fourth-order valence-electron chi connectivity index (χ4n) is 9.99. The van der Waals surface area contributed by atoms with Crippen molar-refractivity contribution < 1.29 is 58.2 Å². The van der Waals surface area contributed by atoms with Gasteiger partial charge in [0, 0.05) is 19.3 Å². The summed E-state index contributed by atoms with van der Waals surface area (Å²) in [5.74, 6) is -3.10. The van der Waals surface area contributed by atoms with Crippen LogP contribution in [0.2, 0.25) is 0 Å². The van der Waals surface area contributed by atoms with Gasteiger partial charge in [0.1, 0.15) is 18.8 Å². The Labute approximate surface area is 470 Å². The standard InChI is InChI=1S/C65H118O12/c1-4-7-10-13-16-19-22-24-26-28-29-31-32-34-37-39-42-45-48-51-57(66)73-54-56(75-58(67)52-49-46-43-40-36-21-18-15-12-9-6-3)55-74-65-63(61(70)60(69)62(77-65)64(71)72)76-59(68)53-50-47-44-41-38-35-33-30-27-25-23-20-17-14-11-8-5-2/h15,18,25,27,56,60-63,65,69-70H,4-14,16-17,19-24,26,28-55H2,1-3H3,(H,71,72)/b18-15-,27-25-. The molecule has 1 saturated heterocycles. The van der Waals surface area contributed by atoms with E-state index in [0.717, 1.165) is 89.9 Å². The molecule has 0 aromatic heterocycles. The first-order valence-corrected chi connectivity index (χ1v) is 32.3. The van der Waals surface area contributed by atoms with Crippen LogP contribution in [0.4, 0.5) is 0 Å². The zero-order valence-electron chi connectivity index (χ0n) is 49.7. The molecule has 0 saturated carbocycles. The van der Waals surface area contributed by atoms with Gasteiger partial charge in [0.25, 0.3) is 0 Å². The number of aliphatic hydroxyl groups is 2. The Balaban J connectivity index is 2.60. The average molecular weight is 1090 g/mol. The SMILES string of the molecule is CCCC/C=C\CCCCCCCC(=O)OC(COC(=O)CCCCCCCCCCCCCCCCCCCCC)COC1OC(C(=O)O)C(O)C(O)C1OC(=O)CCCCCCCCC/C=C\CCCCCCCC. The number of hydrogen-bond acceptors (Lipinski definition) is 11. The van der Waals surface area contributed by atoms with Crippen molar-refractivity contribution in [3.05, 3.63) is 24.3 Å². The third kappa shape index (κ3) is 43.7. The lowest BCUT2D eigenvalue weighted by molar-refractivity contribution is -0.301. The lowest BCUT2D eigenvalue weighted by Crippen LogP contribution is -2.61. The summed E-state index contributed by atoms with van der Waals surface area (Å²) in [6.07, 6.45) is 50.1. The third-order valence-corrected chi connectivity index (χ3v) is 15.0. The van der Waals surface area contributed by atoms with Gasteiger partial charge < -0.3 is 39.0 Å². The second-order valence-corrected chi connectivity index (χ2v) is 22.4. The van der Waals surface area contributed by atoms with Crippen LogP contribution in [0.5, 0.6) is 0 Å². The monoisotopic (exact) mass is 1090 g/mol. The Bertz CT molecular complexity index is 1430.